The van der Waals surface area contributed by atoms with E-state index in [2.05, 4.69) is 17.1 Å². The number of hydrogen-bond donors (Lipinski definition) is 2. The zero-order valence-electron chi connectivity index (χ0n) is 10.9. The van der Waals surface area contributed by atoms with E-state index in [-0.39, 0.29) is 18.1 Å². The molecule has 0 radical (unpaired) electrons. The Kier molecular flexibility index (Phi) is 6.47. The van der Waals surface area contributed by atoms with Gasteiger partial charge in [-0.25, -0.2) is 0 Å². The average Bonchev–Trinajstić information content (AvgIpc) is 2.28. The molecule has 5 nitrogen and oxygen atoms in total. The minimum atomic E-state index is 0.0576. The molecule has 0 aromatic rings. The number of nitrogens with zero attached hydrogens (tertiary/aromatic N) is 1. The minimum Gasteiger partial charge on any atom is -0.371 e. The zero-order valence-corrected chi connectivity index (χ0v) is 10.9. The van der Waals surface area contributed by atoms with E-state index >= 15 is 0 Å². The van der Waals surface area contributed by atoms with Crippen LogP contribution in [0.2, 0.25) is 0 Å². The second kappa shape index (κ2) is 7.63. The summed E-state index contributed by atoms with van der Waals surface area (Å²) in [5, 5.41) is 2.93. The summed E-state index contributed by atoms with van der Waals surface area (Å²) in [6, 6.07) is 0. The molecule has 1 aliphatic rings. The summed E-state index contributed by atoms with van der Waals surface area (Å²) in [6.07, 6.45) is 2.35. The van der Waals surface area contributed by atoms with Crippen molar-refractivity contribution in [3.8, 4) is 0 Å². The van der Waals surface area contributed by atoms with Crippen LogP contribution in [0.1, 0.15) is 26.7 Å². The van der Waals surface area contributed by atoms with Crippen LogP contribution in [0.3, 0.4) is 0 Å². The average molecular weight is 243 g/mol. The van der Waals surface area contributed by atoms with Gasteiger partial charge in [-0.3, -0.25) is 9.69 Å². The summed E-state index contributed by atoms with van der Waals surface area (Å²) in [6.45, 7) is 7.42. The highest BCUT2D eigenvalue weighted by molar-refractivity contribution is 5.77. The molecule has 17 heavy (non-hydrogen) atoms. The fraction of sp³-hybridized carbons (Fsp3) is 0.917. The third kappa shape index (κ3) is 5.48. The summed E-state index contributed by atoms with van der Waals surface area (Å²) in [5.74, 6) is 0.100. The molecule has 1 heterocycles. The van der Waals surface area contributed by atoms with Crippen molar-refractivity contribution in [2.24, 2.45) is 5.73 Å². The molecular formula is C12H25N3O2. The fourth-order valence-corrected chi connectivity index (χ4v) is 2.06. The predicted molar refractivity (Wildman–Crippen MR) is 67.7 cm³/mol. The van der Waals surface area contributed by atoms with E-state index in [9.17, 15) is 4.79 Å². The summed E-state index contributed by atoms with van der Waals surface area (Å²) in [7, 11) is 0. The molecule has 2 atom stereocenters. The van der Waals surface area contributed by atoms with Crippen molar-refractivity contribution in [3.05, 3.63) is 0 Å². The van der Waals surface area contributed by atoms with E-state index in [0.29, 0.717) is 13.1 Å². The van der Waals surface area contributed by atoms with Gasteiger partial charge in [0.15, 0.2) is 0 Å². The minimum absolute atomic E-state index is 0.0576. The Bertz CT molecular complexity index is 236. The van der Waals surface area contributed by atoms with E-state index in [0.717, 1.165) is 32.5 Å². The van der Waals surface area contributed by atoms with Crippen LogP contribution in [-0.4, -0.2) is 55.7 Å². The molecule has 5 heteroatoms. The number of morpholine rings is 1. The van der Waals surface area contributed by atoms with Crippen molar-refractivity contribution >= 4 is 5.91 Å². The van der Waals surface area contributed by atoms with Gasteiger partial charge in [-0.1, -0.05) is 13.3 Å². The fourth-order valence-electron chi connectivity index (χ4n) is 2.06. The Labute approximate surface area is 104 Å². The Balaban J connectivity index is 2.27. The van der Waals surface area contributed by atoms with Crippen LogP contribution in [0, 0.1) is 0 Å². The first kappa shape index (κ1) is 14.4. The van der Waals surface area contributed by atoms with Gasteiger partial charge in [0, 0.05) is 26.2 Å². The molecule has 1 saturated heterocycles. The van der Waals surface area contributed by atoms with Crippen LogP contribution in [0.15, 0.2) is 0 Å². The van der Waals surface area contributed by atoms with Crippen LogP contribution in [-0.2, 0) is 9.53 Å². The molecule has 1 aliphatic heterocycles. The van der Waals surface area contributed by atoms with Crippen molar-refractivity contribution in [1.29, 1.82) is 0 Å². The molecule has 0 saturated carbocycles. The third-order valence-corrected chi connectivity index (χ3v) is 2.88. The smallest absolute Gasteiger partial charge is 0.234 e. The summed E-state index contributed by atoms with van der Waals surface area (Å²) in [4.78, 5) is 13.8. The highest BCUT2D eigenvalue weighted by Crippen LogP contribution is 2.09. The van der Waals surface area contributed by atoms with E-state index in [1.807, 2.05) is 6.92 Å². The third-order valence-electron chi connectivity index (χ3n) is 2.88. The number of unbranched alkanes of at least 4 members (excludes halogenated alkanes) is 1. The monoisotopic (exact) mass is 243 g/mol. The van der Waals surface area contributed by atoms with Crippen LogP contribution in [0.4, 0.5) is 0 Å². The Hall–Kier alpha value is -0.650. The number of nitrogens with one attached hydrogen (secondary N) is 1. The van der Waals surface area contributed by atoms with Crippen molar-refractivity contribution < 1.29 is 9.53 Å². The lowest BCUT2D eigenvalue weighted by molar-refractivity contribution is -0.126. The first-order chi connectivity index (χ1) is 8.15. The molecule has 0 aromatic heterocycles. The maximum atomic E-state index is 11.7. The molecule has 0 spiro atoms. The SMILES string of the molecule is CCCCNC(=O)CN1CC(C)OC(CN)C1. The topological polar surface area (TPSA) is 67.6 Å². The Morgan fingerprint density at radius 1 is 1.53 bits per heavy atom. The number of carbonyl (C=O) groups is 1. The molecular weight excluding hydrogens is 218 g/mol. The first-order valence-electron chi connectivity index (χ1n) is 6.50. The molecule has 0 bridgehead atoms. The Morgan fingerprint density at radius 2 is 2.29 bits per heavy atom. The van der Waals surface area contributed by atoms with Gasteiger partial charge in [-0.05, 0) is 13.3 Å². The lowest BCUT2D eigenvalue weighted by atomic mass is 10.2. The number of rotatable bonds is 6. The number of hydrogen-bond acceptors (Lipinski definition) is 4. The zero-order chi connectivity index (χ0) is 12.7. The highest BCUT2D eigenvalue weighted by Gasteiger charge is 2.25. The number of nitrogens with two attached hydrogens (primary N) is 1. The summed E-state index contributed by atoms with van der Waals surface area (Å²) >= 11 is 0. The van der Waals surface area contributed by atoms with Gasteiger partial charge in [0.2, 0.25) is 5.91 Å². The first-order valence-corrected chi connectivity index (χ1v) is 6.50. The van der Waals surface area contributed by atoms with Crippen LogP contribution in [0.5, 0.6) is 0 Å². The molecule has 1 fully saturated rings. The molecule has 1 amide bonds. The van der Waals surface area contributed by atoms with Gasteiger partial charge in [-0.2, -0.15) is 0 Å². The molecule has 0 aromatic carbocycles. The van der Waals surface area contributed by atoms with E-state index in [4.69, 9.17) is 10.5 Å². The lowest BCUT2D eigenvalue weighted by Crippen LogP contribution is -2.51. The largest absolute Gasteiger partial charge is 0.371 e. The quantitative estimate of drug-likeness (QED) is 0.642. The van der Waals surface area contributed by atoms with Gasteiger partial charge < -0.3 is 15.8 Å². The van der Waals surface area contributed by atoms with Crippen molar-refractivity contribution in [2.45, 2.75) is 38.9 Å². The van der Waals surface area contributed by atoms with E-state index in [1.165, 1.54) is 0 Å². The number of carbonyl (C=O) groups excluding carboxylic acids is 1. The van der Waals surface area contributed by atoms with Gasteiger partial charge in [0.25, 0.3) is 0 Å². The highest BCUT2D eigenvalue weighted by atomic mass is 16.5. The predicted octanol–water partition coefficient (Wildman–Crippen LogP) is -0.0493. The van der Waals surface area contributed by atoms with E-state index < -0.39 is 0 Å². The second-order valence-corrected chi connectivity index (χ2v) is 4.70. The summed E-state index contributed by atoms with van der Waals surface area (Å²) < 4.78 is 5.65. The maximum Gasteiger partial charge on any atom is 0.234 e. The van der Waals surface area contributed by atoms with Crippen molar-refractivity contribution in [2.75, 3.05) is 32.7 Å². The lowest BCUT2D eigenvalue weighted by Gasteiger charge is -2.35. The molecule has 3 N–H and O–H groups in total. The maximum absolute atomic E-state index is 11.7. The van der Waals surface area contributed by atoms with Crippen LogP contribution >= 0.6 is 0 Å². The van der Waals surface area contributed by atoms with Gasteiger partial charge >= 0.3 is 0 Å². The van der Waals surface area contributed by atoms with Gasteiger partial charge in [0.05, 0.1) is 18.8 Å². The van der Waals surface area contributed by atoms with E-state index in [1.54, 1.807) is 0 Å². The number of amides is 1. The van der Waals surface area contributed by atoms with Gasteiger partial charge in [0.1, 0.15) is 0 Å². The molecule has 0 aliphatic carbocycles. The van der Waals surface area contributed by atoms with Crippen LogP contribution < -0.4 is 11.1 Å². The molecule has 1 rings (SSSR count). The second-order valence-electron chi connectivity index (χ2n) is 4.70. The molecule has 2 unspecified atom stereocenters. The normalized spacial score (nSPS) is 25.8. The Morgan fingerprint density at radius 3 is 2.94 bits per heavy atom. The molecule has 100 valence electrons. The van der Waals surface area contributed by atoms with Crippen LogP contribution in [0.25, 0.3) is 0 Å². The van der Waals surface area contributed by atoms with Crippen molar-refractivity contribution in [3.63, 3.8) is 0 Å². The van der Waals surface area contributed by atoms with Crippen molar-refractivity contribution in [1.82, 2.24) is 10.2 Å². The van der Waals surface area contributed by atoms with Gasteiger partial charge in [-0.15, -0.1) is 0 Å². The number of ether oxygens (including phenoxy) is 1. The standard InChI is InChI=1S/C12H25N3O2/c1-3-4-5-14-12(16)9-15-7-10(2)17-11(6-13)8-15/h10-11H,3-9,13H2,1-2H3,(H,14,16). The summed E-state index contributed by atoms with van der Waals surface area (Å²) in [5.41, 5.74) is 5.60.